The Morgan fingerprint density at radius 3 is 2.89 bits per heavy atom. The second-order valence-corrected chi connectivity index (χ2v) is 6.35. The molecular formula is C14H19NO2S. The summed E-state index contributed by atoms with van der Waals surface area (Å²) in [6.45, 7) is 2.71. The summed E-state index contributed by atoms with van der Waals surface area (Å²) >= 11 is 1.77. The van der Waals surface area contributed by atoms with E-state index in [1.165, 1.54) is 10.4 Å². The number of aliphatic hydroxyl groups excluding tert-OH is 1. The number of carbonyl (C=O) groups is 1. The van der Waals surface area contributed by atoms with E-state index in [0.717, 1.165) is 19.3 Å². The lowest BCUT2D eigenvalue weighted by Gasteiger charge is -2.21. The predicted octanol–water partition coefficient (Wildman–Crippen LogP) is 2.14. The van der Waals surface area contributed by atoms with Gasteiger partial charge in [0.05, 0.1) is 6.61 Å². The molecule has 1 amide bonds. The van der Waals surface area contributed by atoms with Crippen LogP contribution in [0, 0.1) is 12.8 Å². The van der Waals surface area contributed by atoms with Crippen molar-refractivity contribution in [3.8, 4) is 0 Å². The maximum Gasteiger partial charge on any atom is 0.226 e. The molecule has 0 radical (unpaired) electrons. The van der Waals surface area contributed by atoms with E-state index < -0.39 is 0 Å². The highest BCUT2D eigenvalue weighted by Crippen LogP contribution is 2.51. The van der Waals surface area contributed by atoms with E-state index in [9.17, 15) is 4.79 Å². The van der Waals surface area contributed by atoms with Crippen molar-refractivity contribution in [3.05, 3.63) is 21.9 Å². The first-order chi connectivity index (χ1) is 8.72. The van der Waals surface area contributed by atoms with Crippen molar-refractivity contribution in [2.24, 2.45) is 5.92 Å². The van der Waals surface area contributed by atoms with E-state index in [4.69, 9.17) is 5.11 Å². The first kappa shape index (κ1) is 12.2. The predicted molar refractivity (Wildman–Crippen MR) is 71.7 cm³/mol. The summed E-state index contributed by atoms with van der Waals surface area (Å²) in [7, 11) is 0. The van der Waals surface area contributed by atoms with Gasteiger partial charge >= 0.3 is 0 Å². The lowest BCUT2D eigenvalue weighted by molar-refractivity contribution is -0.133. The molecule has 1 heterocycles. The Morgan fingerprint density at radius 2 is 2.33 bits per heavy atom. The van der Waals surface area contributed by atoms with Gasteiger partial charge in [-0.15, -0.1) is 11.3 Å². The van der Waals surface area contributed by atoms with Crippen LogP contribution in [-0.2, 0) is 4.79 Å². The Morgan fingerprint density at radius 1 is 1.56 bits per heavy atom. The topological polar surface area (TPSA) is 40.5 Å². The van der Waals surface area contributed by atoms with Crippen molar-refractivity contribution in [3.63, 3.8) is 0 Å². The highest BCUT2D eigenvalue weighted by atomic mass is 32.1. The molecule has 2 atom stereocenters. The molecule has 0 saturated heterocycles. The number of aryl methyl sites for hydroxylation is 1. The van der Waals surface area contributed by atoms with E-state index >= 15 is 0 Å². The molecule has 0 bridgehead atoms. The molecule has 3 rings (SSSR count). The summed E-state index contributed by atoms with van der Waals surface area (Å²) in [6, 6.07) is 2.54. The van der Waals surface area contributed by atoms with Crippen LogP contribution in [0.2, 0.25) is 0 Å². The fourth-order valence-electron chi connectivity index (χ4n) is 2.70. The van der Waals surface area contributed by atoms with Crippen molar-refractivity contribution in [1.29, 1.82) is 0 Å². The minimum atomic E-state index is 0.0810. The fraction of sp³-hybridized carbons (Fsp3) is 0.643. The molecule has 2 fully saturated rings. The van der Waals surface area contributed by atoms with E-state index in [0.29, 0.717) is 18.5 Å². The molecule has 1 aromatic heterocycles. The molecule has 0 aliphatic heterocycles. The maximum absolute atomic E-state index is 12.4. The number of aliphatic hydroxyl groups is 1. The molecule has 2 unspecified atom stereocenters. The second-order valence-electron chi connectivity index (χ2n) is 5.40. The van der Waals surface area contributed by atoms with Gasteiger partial charge < -0.3 is 10.0 Å². The number of hydrogen-bond acceptors (Lipinski definition) is 3. The molecule has 2 aliphatic carbocycles. The summed E-state index contributed by atoms with van der Waals surface area (Å²) in [6.07, 6.45) is 3.22. The Labute approximate surface area is 111 Å². The Hall–Kier alpha value is -0.870. The smallest absolute Gasteiger partial charge is 0.226 e. The van der Waals surface area contributed by atoms with Crippen LogP contribution in [-0.4, -0.2) is 35.1 Å². The van der Waals surface area contributed by atoms with Gasteiger partial charge in [0.25, 0.3) is 0 Å². The van der Waals surface area contributed by atoms with Crippen LogP contribution in [0.25, 0.3) is 0 Å². The third kappa shape index (κ3) is 2.19. The SMILES string of the molecule is Cc1ccsc1C1CC1C(=O)N(CCO)C1CC1. The van der Waals surface area contributed by atoms with E-state index in [-0.39, 0.29) is 18.4 Å². The average molecular weight is 265 g/mol. The van der Waals surface area contributed by atoms with Gasteiger partial charge in [0.15, 0.2) is 0 Å². The van der Waals surface area contributed by atoms with Crippen molar-refractivity contribution in [2.75, 3.05) is 13.2 Å². The number of thiophene rings is 1. The van der Waals surface area contributed by atoms with Gasteiger partial charge in [-0.2, -0.15) is 0 Å². The maximum atomic E-state index is 12.4. The monoisotopic (exact) mass is 265 g/mol. The Balaban J connectivity index is 1.66. The van der Waals surface area contributed by atoms with Gasteiger partial charge in [-0.05, 0) is 43.2 Å². The molecule has 2 aliphatic rings. The summed E-state index contributed by atoms with van der Waals surface area (Å²) in [4.78, 5) is 15.7. The molecule has 98 valence electrons. The van der Waals surface area contributed by atoms with Crippen LogP contribution >= 0.6 is 11.3 Å². The molecule has 4 heteroatoms. The lowest BCUT2D eigenvalue weighted by atomic mass is 10.2. The molecule has 18 heavy (non-hydrogen) atoms. The van der Waals surface area contributed by atoms with E-state index in [2.05, 4.69) is 18.4 Å². The zero-order chi connectivity index (χ0) is 12.7. The first-order valence-corrected chi connectivity index (χ1v) is 7.55. The largest absolute Gasteiger partial charge is 0.395 e. The fourth-order valence-corrected chi connectivity index (χ4v) is 3.81. The minimum absolute atomic E-state index is 0.0810. The summed E-state index contributed by atoms with van der Waals surface area (Å²) in [5.74, 6) is 0.885. The molecule has 0 aromatic carbocycles. The first-order valence-electron chi connectivity index (χ1n) is 6.67. The van der Waals surface area contributed by atoms with Crippen molar-refractivity contribution >= 4 is 17.2 Å². The third-order valence-corrected chi connectivity index (χ3v) is 5.11. The number of hydrogen-bond donors (Lipinski definition) is 1. The number of nitrogens with zero attached hydrogens (tertiary/aromatic N) is 1. The molecule has 0 spiro atoms. The van der Waals surface area contributed by atoms with Crippen LogP contribution in [0.4, 0.5) is 0 Å². The molecule has 1 aromatic rings. The van der Waals surface area contributed by atoms with Gasteiger partial charge in [-0.25, -0.2) is 0 Å². The van der Waals surface area contributed by atoms with Crippen LogP contribution in [0.15, 0.2) is 11.4 Å². The summed E-state index contributed by atoms with van der Waals surface area (Å²) in [5, 5.41) is 11.2. The Bertz CT molecular complexity index is 452. The second kappa shape index (κ2) is 4.67. The number of carbonyl (C=O) groups excluding carboxylic acids is 1. The average Bonchev–Trinajstić information content (AvgIpc) is 3.26. The van der Waals surface area contributed by atoms with Gasteiger partial charge in [0.2, 0.25) is 5.91 Å². The van der Waals surface area contributed by atoms with Gasteiger partial charge in [0.1, 0.15) is 0 Å². The van der Waals surface area contributed by atoms with Gasteiger partial charge in [0, 0.05) is 29.3 Å². The molecule has 1 N–H and O–H groups in total. The quantitative estimate of drug-likeness (QED) is 0.886. The normalized spacial score (nSPS) is 26.1. The highest BCUT2D eigenvalue weighted by molar-refractivity contribution is 7.10. The molecular weight excluding hydrogens is 246 g/mol. The zero-order valence-electron chi connectivity index (χ0n) is 10.6. The van der Waals surface area contributed by atoms with Crippen molar-refractivity contribution in [2.45, 2.75) is 38.1 Å². The number of amides is 1. The highest BCUT2D eigenvalue weighted by Gasteiger charge is 2.48. The number of rotatable bonds is 5. The van der Waals surface area contributed by atoms with Crippen LogP contribution < -0.4 is 0 Å². The van der Waals surface area contributed by atoms with Crippen LogP contribution in [0.1, 0.15) is 35.6 Å². The van der Waals surface area contributed by atoms with Crippen LogP contribution in [0.3, 0.4) is 0 Å². The van der Waals surface area contributed by atoms with Gasteiger partial charge in [-0.1, -0.05) is 0 Å². The van der Waals surface area contributed by atoms with E-state index in [1.54, 1.807) is 11.3 Å². The Kier molecular flexibility index (Phi) is 3.16. The lowest BCUT2D eigenvalue weighted by Crippen LogP contribution is -2.36. The standard InChI is InChI=1S/C14H19NO2S/c1-9-4-7-18-13(9)11-8-12(11)14(17)15(5-6-16)10-2-3-10/h4,7,10-12,16H,2-3,5-6,8H2,1H3. The minimum Gasteiger partial charge on any atom is -0.395 e. The van der Waals surface area contributed by atoms with Crippen molar-refractivity contribution < 1.29 is 9.90 Å². The third-order valence-electron chi connectivity index (χ3n) is 3.96. The van der Waals surface area contributed by atoms with E-state index in [1.807, 2.05) is 4.90 Å². The molecule has 2 saturated carbocycles. The van der Waals surface area contributed by atoms with Crippen LogP contribution in [0.5, 0.6) is 0 Å². The summed E-state index contributed by atoms with van der Waals surface area (Å²) in [5.41, 5.74) is 1.32. The summed E-state index contributed by atoms with van der Waals surface area (Å²) < 4.78 is 0. The zero-order valence-corrected chi connectivity index (χ0v) is 11.4. The molecule has 3 nitrogen and oxygen atoms in total. The van der Waals surface area contributed by atoms with Crippen molar-refractivity contribution in [1.82, 2.24) is 4.90 Å². The van der Waals surface area contributed by atoms with Gasteiger partial charge in [-0.3, -0.25) is 4.79 Å².